The maximum Gasteiger partial charge on any atom is 0.223 e. The smallest absolute Gasteiger partial charge is 0.223 e. The van der Waals surface area contributed by atoms with Gasteiger partial charge in [0.2, 0.25) is 5.91 Å². The third kappa shape index (κ3) is 3.27. The minimum Gasteiger partial charge on any atom is -0.491 e. The molecule has 1 aliphatic rings. The summed E-state index contributed by atoms with van der Waals surface area (Å²) in [6.45, 7) is 3.25. The number of hydrogen-bond acceptors (Lipinski definition) is 3. The lowest BCUT2D eigenvalue weighted by atomic mass is 10.1. The lowest BCUT2D eigenvalue weighted by Gasteiger charge is -2.26. The first kappa shape index (κ1) is 14.1. The second-order valence-electron chi connectivity index (χ2n) is 5.42. The van der Waals surface area contributed by atoms with Crippen molar-refractivity contribution in [3.63, 3.8) is 0 Å². The maximum absolute atomic E-state index is 12.5. The average Bonchev–Trinajstić information content (AvgIpc) is 2.96. The fourth-order valence-corrected chi connectivity index (χ4v) is 3.28. The molecule has 21 heavy (non-hydrogen) atoms. The Morgan fingerprint density at radius 1 is 1.38 bits per heavy atom. The third-order valence-corrected chi connectivity index (χ3v) is 4.59. The molecule has 3 rings (SSSR count). The molecule has 0 radical (unpaired) electrons. The number of nitrogens with zero attached hydrogens (tertiary/aromatic N) is 1. The Hall–Kier alpha value is -1.81. The summed E-state index contributed by atoms with van der Waals surface area (Å²) >= 11 is 1.68. The summed E-state index contributed by atoms with van der Waals surface area (Å²) in [5.41, 5.74) is 2.33. The SMILES string of the molecule is C[C@@H]1COc2ccccc2CN1C(=O)CCc1ccsc1. The Morgan fingerprint density at radius 2 is 2.24 bits per heavy atom. The van der Waals surface area contributed by atoms with Gasteiger partial charge in [-0.05, 0) is 41.8 Å². The molecule has 1 atom stereocenters. The number of thiophene rings is 1. The van der Waals surface area contributed by atoms with Crippen molar-refractivity contribution in [3.05, 3.63) is 52.2 Å². The molecule has 4 heteroatoms. The molecule has 2 aromatic rings. The van der Waals surface area contributed by atoms with E-state index in [9.17, 15) is 4.79 Å². The summed E-state index contributed by atoms with van der Waals surface area (Å²) < 4.78 is 5.80. The minimum absolute atomic E-state index is 0.104. The van der Waals surface area contributed by atoms with Gasteiger partial charge in [-0.1, -0.05) is 18.2 Å². The Labute approximate surface area is 129 Å². The number of fused-ring (bicyclic) bond motifs is 1. The largest absolute Gasteiger partial charge is 0.491 e. The summed E-state index contributed by atoms with van der Waals surface area (Å²) in [7, 11) is 0. The highest BCUT2D eigenvalue weighted by atomic mass is 32.1. The van der Waals surface area contributed by atoms with Gasteiger partial charge in [0.15, 0.2) is 0 Å². The maximum atomic E-state index is 12.5. The van der Waals surface area contributed by atoms with Gasteiger partial charge in [0.1, 0.15) is 12.4 Å². The summed E-state index contributed by atoms with van der Waals surface area (Å²) in [5.74, 6) is 1.10. The first-order valence-electron chi connectivity index (χ1n) is 7.25. The summed E-state index contributed by atoms with van der Waals surface area (Å²) in [6, 6.07) is 10.2. The van der Waals surface area contributed by atoms with Crippen molar-refractivity contribution in [1.29, 1.82) is 0 Å². The zero-order valence-corrected chi connectivity index (χ0v) is 12.9. The number of ether oxygens (including phenoxy) is 1. The number of carbonyl (C=O) groups is 1. The van der Waals surface area contributed by atoms with Crippen LogP contribution in [0.25, 0.3) is 0 Å². The van der Waals surface area contributed by atoms with E-state index in [2.05, 4.69) is 16.8 Å². The van der Waals surface area contributed by atoms with E-state index in [-0.39, 0.29) is 11.9 Å². The van der Waals surface area contributed by atoms with E-state index in [0.717, 1.165) is 17.7 Å². The van der Waals surface area contributed by atoms with Crippen molar-refractivity contribution in [2.75, 3.05) is 6.61 Å². The van der Waals surface area contributed by atoms with Gasteiger partial charge >= 0.3 is 0 Å². The molecule has 0 spiro atoms. The molecule has 0 N–H and O–H groups in total. The van der Waals surface area contributed by atoms with Crippen LogP contribution in [-0.4, -0.2) is 23.5 Å². The molecule has 0 bridgehead atoms. The van der Waals surface area contributed by atoms with Crippen LogP contribution in [0.3, 0.4) is 0 Å². The molecule has 0 fully saturated rings. The van der Waals surface area contributed by atoms with Crippen LogP contribution in [0.2, 0.25) is 0 Å². The van der Waals surface area contributed by atoms with Crippen molar-refractivity contribution in [1.82, 2.24) is 4.90 Å². The highest BCUT2D eigenvalue weighted by Gasteiger charge is 2.25. The summed E-state index contributed by atoms with van der Waals surface area (Å²) in [5, 5.41) is 4.16. The van der Waals surface area contributed by atoms with Crippen molar-refractivity contribution >= 4 is 17.2 Å². The molecule has 3 nitrogen and oxygen atoms in total. The molecular weight excluding hydrogens is 282 g/mol. The fourth-order valence-electron chi connectivity index (χ4n) is 2.58. The minimum atomic E-state index is 0.104. The highest BCUT2D eigenvalue weighted by Crippen LogP contribution is 2.25. The van der Waals surface area contributed by atoms with E-state index in [1.807, 2.05) is 36.1 Å². The van der Waals surface area contributed by atoms with E-state index in [0.29, 0.717) is 19.6 Å². The Morgan fingerprint density at radius 3 is 3.05 bits per heavy atom. The number of hydrogen-bond donors (Lipinski definition) is 0. The van der Waals surface area contributed by atoms with Crippen molar-refractivity contribution < 1.29 is 9.53 Å². The number of rotatable bonds is 3. The number of benzene rings is 1. The summed E-state index contributed by atoms with van der Waals surface area (Å²) in [4.78, 5) is 14.5. The lowest BCUT2D eigenvalue weighted by molar-refractivity contribution is -0.134. The predicted octanol–water partition coefficient (Wildman–Crippen LogP) is 3.49. The van der Waals surface area contributed by atoms with Crippen molar-refractivity contribution in [2.45, 2.75) is 32.4 Å². The second kappa shape index (κ2) is 6.31. The topological polar surface area (TPSA) is 29.5 Å². The van der Waals surface area contributed by atoms with Crippen molar-refractivity contribution in [2.24, 2.45) is 0 Å². The molecule has 1 aromatic heterocycles. The molecule has 1 aliphatic heterocycles. The quantitative estimate of drug-likeness (QED) is 0.868. The van der Waals surface area contributed by atoms with Crippen LogP contribution in [0.4, 0.5) is 0 Å². The fraction of sp³-hybridized carbons (Fsp3) is 0.353. The molecule has 0 saturated heterocycles. The van der Waals surface area contributed by atoms with Crippen LogP contribution in [0.15, 0.2) is 41.1 Å². The predicted molar refractivity (Wildman–Crippen MR) is 84.6 cm³/mol. The van der Waals surface area contributed by atoms with Crippen LogP contribution in [0.1, 0.15) is 24.5 Å². The molecule has 0 unspecified atom stereocenters. The standard InChI is InChI=1S/C17H19NO2S/c1-13-11-20-16-5-3-2-4-15(16)10-18(13)17(19)7-6-14-8-9-21-12-14/h2-5,8-9,12-13H,6-7,10-11H2,1H3/t13-/m1/s1. The molecule has 110 valence electrons. The second-order valence-corrected chi connectivity index (χ2v) is 6.20. The number of amides is 1. The van der Waals surface area contributed by atoms with Crippen molar-refractivity contribution in [3.8, 4) is 5.75 Å². The Kier molecular flexibility index (Phi) is 4.25. The average molecular weight is 301 g/mol. The van der Waals surface area contributed by atoms with Crippen LogP contribution >= 0.6 is 11.3 Å². The van der Waals surface area contributed by atoms with Gasteiger partial charge in [-0.15, -0.1) is 0 Å². The Balaban J connectivity index is 1.69. The molecular formula is C17H19NO2S. The van der Waals surface area contributed by atoms with E-state index in [1.165, 1.54) is 5.56 Å². The van der Waals surface area contributed by atoms with Crippen LogP contribution < -0.4 is 4.74 Å². The monoisotopic (exact) mass is 301 g/mol. The van der Waals surface area contributed by atoms with Gasteiger partial charge in [-0.3, -0.25) is 4.79 Å². The summed E-state index contributed by atoms with van der Waals surface area (Å²) in [6.07, 6.45) is 1.37. The van der Waals surface area contributed by atoms with E-state index in [1.54, 1.807) is 11.3 Å². The number of para-hydroxylation sites is 1. The number of aryl methyl sites for hydroxylation is 1. The number of carbonyl (C=O) groups excluding carboxylic acids is 1. The van der Waals surface area contributed by atoms with Gasteiger partial charge in [-0.25, -0.2) is 0 Å². The first-order valence-corrected chi connectivity index (χ1v) is 8.19. The zero-order valence-electron chi connectivity index (χ0n) is 12.1. The Bertz CT molecular complexity index is 609. The molecule has 2 heterocycles. The van der Waals surface area contributed by atoms with E-state index >= 15 is 0 Å². The first-order chi connectivity index (χ1) is 10.2. The molecule has 0 aliphatic carbocycles. The normalized spacial score (nSPS) is 17.8. The van der Waals surface area contributed by atoms with Gasteiger partial charge in [0.25, 0.3) is 0 Å². The van der Waals surface area contributed by atoms with Crippen LogP contribution in [-0.2, 0) is 17.8 Å². The van der Waals surface area contributed by atoms with E-state index < -0.39 is 0 Å². The zero-order chi connectivity index (χ0) is 14.7. The highest BCUT2D eigenvalue weighted by molar-refractivity contribution is 7.07. The molecule has 1 aromatic carbocycles. The van der Waals surface area contributed by atoms with E-state index in [4.69, 9.17) is 4.74 Å². The van der Waals surface area contributed by atoms with Gasteiger partial charge in [0.05, 0.1) is 6.04 Å². The van der Waals surface area contributed by atoms with Gasteiger partial charge < -0.3 is 9.64 Å². The molecule has 0 saturated carbocycles. The molecule has 1 amide bonds. The third-order valence-electron chi connectivity index (χ3n) is 3.85. The van der Waals surface area contributed by atoms with Crippen LogP contribution in [0, 0.1) is 0 Å². The lowest BCUT2D eigenvalue weighted by Crippen LogP contribution is -2.39. The van der Waals surface area contributed by atoms with Gasteiger partial charge in [-0.2, -0.15) is 11.3 Å². The van der Waals surface area contributed by atoms with Gasteiger partial charge in [0, 0.05) is 18.5 Å². The van der Waals surface area contributed by atoms with Crippen LogP contribution in [0.5, 0.6) is 5.75 Å².